The van der Waals surface area contributed by atoms with Crippen LogP contribution in [0, 0.1) is 18.3 Å². The molecule has 2 unspecified atom stereocenters. The number of aliphatic hydroxyl groups is 2. The van der Waals surface area contributed by atoms with Crippen LogP contribution in [0.25, 0.3) is 0 Å². The van der Waals surface area contributed by atoms with Crippen molar-refractivity contribution in [2.45, 2.75) is 156 Å². The maximum atomic E-state index is 13.2. The van der Waals surface area contributed by atoms with E-state index in [1.807, 2.05) is 19.8 Å². The van der Waals surface area contributed by atoms with Gasteiger partial charge >= 0.3 is 0 Å². The van der Waals surface area contributed by atoms with Crippen LogP contribution >= 0.6 is 0 Å². The third kappa shape index (κ3) is 29.3. The minimum atomic E-state index is -1.40. The van der Waals surface area contributed by atoms with Gasteiger partial charge in [-0.25, -0.2) is 9.79 Å². The molecule has 1 heterocycles. The molecule has 0 bridgehead atoms. The van der Waals surface area contributed by atoms with E-state index in [1.165, 1.54) is 62.7 Å². The highest BCUT2D eigenvalue weighted by atomic mass is 19.1. The van der Waals surface area contributed by atoms with E-state index in [4.69, 9.17) is 27.1 Å². The highest BCUT2D eigenvalue weighted by molar-refractivity contribution is 5.99. The topological polar surface area (TPSA) is 138 Å². The number of hydrogen-bond donors (Lipinski definition) is 3. The summed E-state index contributed by atoms with van der Waals surface area (Å²) in [6.45, 7) is 10.1. The van der Waals surface area contributed by atoms with Crippen molar-refractivity contribution in [2.24, 2.45) is 21.6 Å². The Bertz CT molecular complexity index is 927. The summed E-state index contributed by atoms with van der Waals surface area (Å²) in [4.78, 5) is 29.3. The molecule has 48 heavy (non-hydrogen) atoms. The van der Waals surface area contributed by atoms with Crippen LogP contribution < -0.4 is 5.73 Å². The number of alkyl halides is 1. The second-order valence-corrected chi connectivity index (χ2v) is 11.7. The highest BCUT2D eigenvalue weighted by Crippen LogP contribution is 2.23. The van der Waals surface area contributed by atoms with E-state index in [9.17, 15) is 14.0 Å². The van der Waals surface area contributed by atoms with Crippen LogP contribution in [-0.2, 0) is 14.3 Å². The molecule has 0 amide bonds. The van der Waals surface area contributed by atoms with Gasteiger partial charge in [-0.2, -0.15) is 4.39 Å². The van der Waals surface area contributed by atoms with Crippen molar-refractivity contribution >= 4 is 24.3 Å². The van der Waals surface area contributed by atoms with Crippen molar-refractivity contribution in [3.63, 3.8) is 0 Å². The predicted molar refractivity (Wildman–Crippen MR) is 201 cm³/mol. The largest absolute Gasteiger partial charge is 0.400 e. The Kier molecular flexibility index (Phi) is 41.8. The van der Waals surface area contributed by atoms with Crippen molar-refractivity contribution < 1.29 is 28.9 Å². The Morgan fingerprint density at radius 1 is 0.979 bits per heavy atom. The van der Waals surface area contributed by atoms with Crippen LogP contribution in [0.5, 0.6) is 0 Å². The van der Waals surface area contributed by atoms with E-state index in [0.717, 1.165) is 71.9 Å². The summed E-state index contributed by atoms with van der Waals surface area (Å²) in [5.74, 6) is 5.08. The van der Waals surface area contributed by atoms with E-state index in [2.05, 4.69) is 29.8 Å². The average Bonchev–Trinajstić information content (AvgIpc) is 3.10. The molecule has 0 saturated heterocycles. The zero-order valence-corrected chi connectivity index (χ0v) is 31.9. The summed E-state index contributed by atoms with van der Waals surface area (Å²) < 4.78 is 18.6. The molecule has 0 fully saturated rings. The zero-order valence-electron chi connectivity index (χ0n) is 31.9. The normalized spacial score (nSPS) is 14.7. The van der Waals surface area contributed by atoms with Gasteiger partial charge < -0.3 is 30.4 Å². The van der Waals surface area contributed by atoms with Crippen molar-refractivity contribution in [3.05, 3.63) is 17.5 Å². The molecule has 280 valence electrons. The van der Waals surface area contributed by atoms with Crippen molar-refractivity contribution in [3.8, 4) is 12.3 Å². The predicted octanol–water partition coefficient (Wildman–Crippen LogP) is 7.97. The van der Waals surface area contributed by atoms with Gasteiger partial charge in [0.2, 0.25) is 0 Å². The lowest BCUT2D eigenvalue weighted by molar-refractivity contribution is -0.107. The fraction of sp³-hybridized carbons (Fsp3) is 0.763. The minimum absolute atomic E-state index is 0.162. The SMILES string of the molecule is C#CC(CCC)(CCCC)OC.CC1=C(N=CC(C)C)C(N)=NC(F)N1C.CO.CO.O=C=CCCCCCCCCCCCCC=O. The first-order valence-electron chi connectivity index (χ1n) is 17.6. The summed E-state index contributed by atoms with van der Waals surface area (Å²) in [7, 11) is 5.34. The molecule has 0 radical (unpaired) electrons. The fourth-order valence-corrected chi connectivity index (χ4v) is 4.50. The molecule has 2 atom stereocenters. The van der Waals surface area contributed by atoms with Gasteiger partial charge in [-0.3, -0.25) is 4.99 Å². The van der Waals surface area contributed by atoms with Crippen molar-refractivity contribution in [1.82, 2.24) is 4.90 Å². The molecule has 1 aliphatic heterocycles. The number of methoxy groups -OCH3 is 1. The van der Waals surface area contributed by atoms with Crippen molar-refractivity contribution in [1.29, 1.82) is 0 Å². The molecule has 0 aromatic carbocycles. The first kappa shape index (κ1) is 52.0. The van der Waals surface area contributed by atoms with Gasteiger partial charge in [0.05, 0.1) is 0 Å². The summed E-state index contributed by atoms with van der Waals surface area (Å²) in [5, 5.41) is 14.0. The first-order valence-corrected chi connectivity index (χ1v) is 17.6. The van der Waals surface area contributed by atoms with E-state index >= 15 is 0 Å². The van der Waals surface area contributed by atoms with E-state index in [0.29, 0.717) is 17.3 Å². The first-order chi connectivity index (χ1) is 23.1. The third-order valence-electron chi connectivity index (χ3n) is 7.43. The summed E-state index contributed by atoms with van der Waals surface area (Å²) >= 11 is 0. The van der Waals surface area contributed by atoms with Crippen LogP contribution in [0.15, 0.2) is 27.5 Å². The number of aliphatic hydroxyl groups excluding tert-OH is 2. The molecule has 0 aromatic rings. The molecule has 0 aliphatic carbocycles. The Balaban J connectivity index is -0.000000290. The number of rotatable bonds is 21. The van der Waals surface area contributed by atoms with E-state index < -0.39 is 6.42 Å². The molecule has 4 N–H and O–H groups in total. The maximum Gasteiger partial charge on any atom is 0.268 e. The smallest absolute Gasteiger partial charge is 0.268 e. The monoisotopic (exact) mass is 683 g/mol. The minimum Gasteiger partial charge on any atom is -0.400 e. The van der Waals surface area contributed by atoms with Crippen LogP contribution in [0.4, 0.5) is 4.39 Å². The molecule has 1 aliphatic rings. The number of terminal acetylenes is 1. The Morgan fingerprint density at radius 3 is 1.88 bits per heavy atom. The van der Waals surface area contributed by atoms with Gasteiger partial charge in [-0.15, -0.1) is 6.42 Å². The van der Waals surface area contributed by atoms with Crippen LogP contribution in [0.2, 0.25) is 0 Å². The maximum absolute atomic E-state index is 13.2. The number of amidine groups is 1. The van der Waals surface area contributed by atoms with Crippen LogP contribution in [0.1, 0.15) is 144 Å². The second kappa shape index (κ2) is 38.6. The van der Waals surface area contributed by atoms with Gasteiger partial charge in [0, 0.05) is 46.7 Å². The number of unbranched alkanes of at least 4 members (excludes halogenated alkanes) is 12. The number of hydrogen-bond acceptors (Lipinski definition) is 9. The van der Waals surface area contributed by atoms with Gasteiger partial charge in [0.15, 0.2) is 5.84 Å². The fourth-order valence-electron chi connectivity index (χ4n) is 4.50. The number of halogens is 1. The molecule has 0 spiro atoms. The van der Waals surface area contributed by atoms with Crippen LogP contribution in [-0.4, -0.2) is 79.8 Å². The Hall–Kier alpha value is -2.83. The van der Waals surface area contributed by atoms with Crippen LogP contribution in [0.3, 0.4) is 0 Å². The number of aldehydes is 1. The van der Waals surface area contributed by atoms with Gasteiger partial charge in [0.1, 0.15) is 23.5 Å². The molecule has 10 heteroatoms. The molecule has 9 nitrogen and oxygen atoms in total. The molecular formula is C38H71FN4O5. The molecular weight excluding hydrogens is 611 g/mol. The number of aliphatic imine (C=N–C) groups is 2. The molecule has 1 rings (SSSR count). The quantitative estimate of drug-likeness (QED) is 0.0279. The Labute approximate surface area is 293 Å². The second-order valence-electron chi connectivity index (χ2n) is 11.7. The van der Waals surface area contributed by atoms with Crippen molar-refractivity contribution in [2.75, 3.05) is 28.4 Å². The summed E-state index contributed by atoms with van der Waals surface area (Å²) in [5.41, 5.74) is 6.59. The lowest BCUT2D eigenvalue weighted by Crippen LogP contribution is -2.34. The zero-order chi connectivity index (χ0) is 37.6. The average molecular weight is 683 g/mol. The Morgan fingerprint density at radius 2 is 1.48 bits per heavy atom. The van der Waals surface area contributed by atoms with Gasteiger partial charge in [-0.05, 0) is 57.4 Å². The summed E-state index contributed by atoms with van der Waals surface area (Å²) in [6, 6.07) is 0. The number of carbonyl (C=O) groups is 1. The number of ether oxygens (including phenoxy) is 1. The van der Waals surface area contributed by atoms with Gasteiger partial charge in [-0.1, -0.05) is 97.8 Å². The lowest BCUT2D eigenvalue weighted by atomic mass is 9.92. The molecule has 0 aromatic heterocycles. The van der Waals surface area contributed by atoms with Gasteiger partial charge in [0.25, 0.3) is 6.42 Å². The third-order valence-corrected chi connectivity index (χ3v) is 7.43. The molecule has 0 saturated carbocycles. The number of nitrogens with zero attached hydrogens (tertiary/aromatic N) is 3. The van der Waals surface area contributed by atoms with E-state index in [-0.39, 0.29) is 11.4 Å². The number of allylic oxidation sites excluding steroid dienone is 2. The standard InChI is InChI=1S/C15H26O2.C11H20O.C10H17FN4.2CH4O/c16-14-12-10-8-6-4-2-1-3-5-7-9-11-13-15-17;1-5-8-10-11(7-3,12-4)9-6-2;1-6(2)5-13-8-7(3)15(4)10(11)14-9(8)12;2*1-2/h12,15H,1-11,13H2;3H,5-6,8-10H2,1-2,4H3;5-6,10H,1-4H3,(H2,12,14);2*2H,1H3. The lowest BCUT2D eigenvalue weighted by Gasteiger charge is -2.27. The summed E-state index contributed by atoms with van der Waals surface area (Å²) in [6.07, 6.45) is 27.9. The number of carbonyl (C=O) groups excluding carboxylic acids is 2. The highest BCUT2D eigenvalue weighted by Gasteiger charge is 2.25. The van der Waals surface area contributed by atoms with E-state index in [1.54, 1.807) is 33.4 Å². The number of nitrogens with two attached hydrogens (primary N) is 1.